The minimum Gasteiger partial charge on any atom is -0.462 e. The van der Waals surface area contributed by atoms with Gasteiger partial charge in [-0.2, -0.15) is 0 Å². The maximum atomic E-state index is 12.8. The van der Waals surface area contributed by atoms with Crippen LogP contribution in [0.5, 0.6) is 0 Å². The highest BCUT2D eigenvalue weighted by molar-refractivity contribution is 7.99. The lowest BCUT2D eigenvalue weighted by molar-refractivity contribution is 0.0524. The Labute approximate surface area is 149 Å². The molecule has 0 atom stereocenters. The number of fused-ring (bicyclic) bond motifs is 1. The second kappa shape index (κ2) is 6.29. The molecule has 0 unspecified atom stereocenters. The summed E-state index contributed by atoms with van der Waals surface area (Å²) in [5.41, 5.74) is 8.42. The molecule has 2 aliphatic rings. The van der Waals surface area contributed by atoms with Gasteiger partial charge in [0, 0.05) is 29.9 Å². The second-order valence-corrected chi connectivity index (χ2v) is 7.53. The van der Waals surface area contributed by atoms with Crippen LogP contribution >= 0.6 is 11.8 Å². The summed E-state index contributed by atoms with van der Waals surface area (Å²) in [5, 5.41) is 0.491. The quantitative estimate of drug-likeness (QED) is 0.668. The minimum atomic E-state index is -0.567. The fourth-order valence-electron chi connectivity index (χ4n) is 3.29. The molecule has 4 rings (SSSR count). The molecule has 2 heterocycles. The van der Waals surface area contributed by atoms with Crippen LogP contribution in [-0.2, 0) is 4.74 Å². The SMILES string of the molecule is CCOC(=O)c1cn(C2CC2)c2cc(N3CCSC3)c(N)cc2c1=O. The third-order valence-electron chi connectivity index (χ3n) is 4.71. The Bertz CT molecular complexity index is 899. The number of nitrogens with two attached hydrogens (primary N) is 1. The smallest absolute Gasteiger partial charge is 0.343 e. The standard InChI is InChI=1S/C18H21N3O3S/c1-2-24-18(23)13-9-21(11-3-4-11)15-8-16(20-5-6-25-10-20)14(19)7-12(15)17(13)22/h7-9,11H,2-6,10,19H2,1H3. The van der Waals surface area contributed by atoms with Crippen molar-refractivity contribution < 1.29 is 9.53 Å². The van der Waals surface area contributed by atoms with Crippen molar-refractivity contribution in [2.45, 2.75) is 25.8 Å². The molecule has 0 bridgehead atoms. The van der Waals surface area contributed by atoms with E-state index < -0.39 is 5.97 Å². The Hall–Kier alpha value is -2.15. The Kier molecular flexibility index (Phi) is 4.11. The predicted molar refractivity (Wildman–Crippen MR) is 102 cm³/mol. The van der Waals surface area contributed by atoms with Gasteiger partial charge in [-0.1, -0.05) is 0 Å². The summed E-state index contributed by atoms with van der Waals surface area (Å²) in [6, 6.07) is 4.06. The monoisotopic (exact) mass is 359 g/mol. The Morgan fingerprint density at radius 3 is 2.84 bits per heavy atom. The van der Waals surface area contributed by atoms with Gasteiger partial charge in [0.15, 0.2) is 0 Å². The van der Waals surface area contributed by atoms with Crippen molar-refractivity contribution >= 4 is 40.0 Å². The number of hydrogen-bond acceptors (Lipinski definition) is 6. The number of thioether (sulfide) groups is 1. The zero-order chi connectivity index (χ0) is 17.6. The molecule has 6 nitrogen and oxygen atoms in total. The fourth-order valence-corrected chi connectivity index (χ4v) is 4.26. The van der Waals surface area contributed by atoms with Gasteiger partial charge in [-0.05, 0) is 31.9 Å². The summed E-state index contributed by atoms with van der Waals surface area (Å²) in [5.74, 6) is 1.42. The number of hydrogen-bond donors (Lipinski definition) is 1. The molecule has 1 saturated carbocycles. The van der Waals surface area contributed by atoms with Crippen molar-refractivity contribution in [2.24, 2.45) is 0 Å². The van der Waals surface area contributed by atoms with E-state index in [1.165, 1.54) is 0 Å². The number of nitrogens with zero attached hydrogens (tertiary/aromatic N) is 2. The van der Waals surface area contributed by atoms with Crippen molar-refractivity contribution in [3.8, 4) is 0 Å². The summed E-state index contributed by atoms with van der Waals surface area (Å²) in [6.45, 7) is 2.93. The van der Waals surface area contributed by atoms with Crippen LogP contribution in [0.3, 0.4) is 0 Å². The van der Waals surface area contributed by atoms with Crippen molar-refractivity contribution in [1.82, 2.24) is 4.57 Å². The number of carbonyl (C=O) groups excluding carboxylic acids is 1. The van der Waals surface area contributed by atoms with E-state index in [1.54, 1.807) is 19.2 Å². The molecule has 0 spiro atoms. The molecule has 25 heavy (non-hydrogen) atoms. The molecule has 2 N–H and O–H groups in total. The van der Waals surface area contributed by atoms with E-state index in [-0.39, 0.29) is 17.6 Å². The summed E-state index contributed by atoms with van der Waals surface area (Å²) < 4.78 is 7.10. The van der Waals surface area contributed by atoms with Crippen molar-refractivity contribution in [3.05, 3.63) is 34.1 Å². The number of anilines is 2. The van der Waals surface area contributed by atoms with Crippen molar-refractivity contribution in [1.29, 1.82) is 0 Å². The molecule has 1 aliphatic heterocycles. The van der Waals surface area contributed by atoms with E-state index in [0.29, 0.717) is 17.1 Å². The molecule has 1 aromatic carbocycles. The average Bonchev–Trinajstić information content (AvgIpc) is 3.29. The molecule has 2 fully saturated rings. The van der Waals surface area contributed by atoms with Gasteiger partial charge in [-0.15, -0.1) is 11.8 Å². The van der Waals surface area contributed by atoms with Crippen LogP contribution in [0.2, 0.25) is 0 Å². The van der Waals surface area contributed by atoms with Crippen LogP contribution in [-0.4, -0.2) is 35.3 Å². The number of aromatic nitrogens is 1. The lowest BCUT2D eigenvalue weighted by atomic mass is 10.1. The number of nitrogen functional groups attached to an aromatic ring is 1. The molecular weight excluding hydrogens is 338 g/mol. The molecule has 132 valence electrons. The normalized spacial score (nSPS) is 17.2. The van der Waals surface area contributed by atoms with Crippen LogP contribution in [0.25, 0.3) is 10.9 Å². The predicted octanol–water partition coefficient (Wildman–Crippen LogP) is 2.61. The van der Waals surface area contributed by atoms with Crippen LogP contribution in [0.15, 0.2) is 23.1 Å². The van der Waals surface area contributed by atoms with Gasteiger partial charge in [0.2, 0.25) is 5.43 Å². The average molecular weight is 359 g/mol. The molecule has 2 aromatic rings. The number of esters is 1. The molecule has 0 amide bonds. The first kappa shape index (κ1) is 16.3. The van der Waals surface area contributed by atoms with Crippen LogP contribution in [0, 0.1) is 0 Å². The van der Waals surface area contributed by atoms with Gasteiger partial charge >= 0.3 is 5.97 Å². The van der Waals surface area contributed by atoms with Crippen molar-refractivity contribution in [3.63, 3.8) is 0 Å². The van der Waals surface area contributed by atoms with E-state index in [2.05, 4.69) is 9.47 Å². The van der Waals surface area contributed by atoms with Crippen LogP contribution in [0.4, 0.5) is 11.4 Å². The van der Waals surface area contributed by atoms with E-state index in [4.69, 9.17) is 10.5 Å². The van der Waals surface area contributed by atoms with E-state index >= 15 is 0 Å². The molecule has 7 heteroatoms. The third kappa shape index (κ3) is 2.86. The zero-order valence-corrected chi connectivity index (χ0v) is 15.0. The number of rotatable bonds is 4. The first-order valence-corrected chi connectivity index (χ1v) is 9.73. The van der Waals surface area contributed by atoms with Gasteiger partial charge in [0.05, 0.1) is 29.4 Å². The number of pyridine rings is 1. The van der Waals surface area contributed by atoms with E-state index in [9.17, 15) is 9.59 Å². The van der Waals surface area contributed by atoms with Gasteiger partial charge < -0.3 is 19.9 Å². The minimum absolute atomic E-state index is 0.0881. The van der Waals surface area contributed by atoms with Gasteiger partial charge in [-0.3, -0.25) is 4.79 Å². The maximum Gasteiger partial charge on any atom is 0.343 e. The van der Waals surface area contributed by atoms with Gasteiger partial charge in [0.1, 0.15) is 5.56 Å². The largest absolute Gasteiger partial charge is 0.462 e. The highest BCUT2D eigenvalue weighted by atomic mass is 32.2. The molecule has 1 aliphatic carbocycles. The van der Waals surface area contributed by atoms with Crippen LogP contribution < -0.4 is 16.1 Å². The number of carbonyl (C=O) groups is 1. The fraction of sp³-hybridized carbons (Fsp3) is 0.444. The Morgan fingerprint density at radius 1 is 1.40 bits per heavy atom. The molecule has 1 aromatic heterocycles. The van der Waals surface area contributed by atoms with Crippen molar-refractivity contribution in [2.75, 3.05) is 35.4 Å². The summed E-state index contributed by atoms with van der Waals surface area (Å²) in [4.78, 5) is 27.3. The van der Waals surface area contributed by atoms with E-state index in [0.717, 1.165) is 42.2 Å². The first-order chi connectivity index (χ1) is 12.1. The van der Waals surface area contributed by atoms with Gasteiger partial charge in [0.25, 0.3) is 0 Å². The van der Waals surface area contributed by atoms with Crippen LogP contribution in [0.1, 0.15) is 36.2 Å². The number of ether oxygens (including phenoxy) is 1. The maximum absolute atomic E-state index is 12.8. The summed E-state index contributed by atoms with van der Waals surface area (Å²) in [6.07, 6.45) is 3.78. The lowest BCUT2D eigenvalue weighted by Gasteiger charge is -2.21. The number of benzene rings is 1. The molecule has 1 saturated heterocycles. The van der Waals surface area contributed by atoms with E-state index in [1.807, 2.05) is 17.8 Å². The second-order valence-electron chi connectivity index (χ2n) is 6.46. The third-order valence-corrected chi connectivity index (χ3v) is 5.68. The molecular formula is C18H21N3O3S. The highest BCUT2D eigenvalue weighted by Crippen LogP contribution is 2.39. The highest BCUT2D eigenvalue weighted by Gasteiger charge is 2.28. The zero-order valence-electron chi connectivity index (χ0n) is 14.2. The topological polar surface area (TPSA) is 77.6 Å². The van der Waals surface area contributed by atoms with Gasteiger partial charge in [-0.25, -0.2) is 4.79 Å². The first-order valence-electron chi connectivity index (χ1n) is 8.58. The molecule has 0 radical (unpaired) electrons. The summed E-state index contributed by atoms with van der Waals surface area (Å²) >= 11 is 1.87. The summed E-state index contributed by atoms with van der Waals surface area (Å²) in [7, 11) is 0. The Morgan fingerprint density at radius 2 is 2.20 bits per heavy atom. The Balaban J connectivity index is 1.93. The lowest BCUT2D eigenvalue weighted by Crippen LogP contribution is -2.23.